The van der Waals surface area contributed by atoms with Crippen LogP contribution in [0.15, 0.2) is 53.4 Å². The first-order valence-corrected chi connectivity index (χ1v) is 11.8. The summed E-state index contributed by atoms with van der Waals surface area (Å²) in [7, 11) is -0.194. The van der Waals surface area contributed by atoms with Gasteiger partial charge in [-0.15, -0.1) is 0 Å². The van der Waals surface area contributed by atoms with E-state index in [2.05, 4.69) is 14.9 Å². The number of carbonyl (C=O) groups excluding carboxylic acids is 2. The summed E-state index contributed by atoms with van der Waals surface area (Å²) in [5, 5.41) is 2.72. The average Bonchev–Trinajstić information content (AvgIpc) is 2.79. The van der Waals surface area contributed by atoms with Gasteiger partial charge in [-0.3, -0.25) is 9.59 Å². The minimum Gasteiger partial charge on any atom is -0.495 e. The zero-order chi connectivity index (χ0) is 23.1. The lowest BCUT2D eigenvalue weighted by Gasteiger charge is -2.32. The molecule has 2 aromatic rings. The third-order valence-corrected chi connectivity index (χ3v) is 6.69. The molecular weight excluding hydrogens is 432 g/mol. The summed E-state index contributed by atoms with van der Waals surface area (Å²) >= 11 is 0. The van der Waals surface area contributed by atoms with E-state index >= 15 is 0 Å². The maximum absolute atomic E-state index is 12.8. The molecular formula is C22H28N4O5S. The van der Waals surface area contributed by atoms with Gasteiger partial charge in [-0.25, -0.2) is 13.1 Å². The summed E-state index contributed by atoms with van der Waals surface area (Å²) in [5.74, 6) is -0.0896. The van der Waals surface area contributed by atoms with Gasteiger partial charge in [0.15, 0.2) is 0 Å². The van der Waals surface area contributed by atoms with Gasteiger partial charge >= 0.3 is 0 Å². The molecule has 1 saturated heterocycles. The van der Waals surface area contributed by atoms with Crippen LogP contribution in [0, 0.1) is 0 Å². The Labute approximate surface area is 188 Å². The highest BCUT2D eigenvalue weighted by molar-refractivity contribution is 7.89. The first-order chi connectivity index (χ1) is 15.3. The van der Waals surface area contributed by atoms with Gasteiger partial charge in [-0.1, -0.05) is 18.2 Å². The van der Waals surface area contributed by atoms with E-state index < -0.39 is 15.9 Å². The third-order valence-electron chi connectivity index (χ3n) is 5.21. The molecule has 2 amide bonds. The number of carbonyl (C=O) groups is 2. The van der Waals surface area contributed by atoms with Crippen LogP contribution in [0.5, 0.6) is 5.75 Å². The summed E-state index contributed by atoms with van der Waals surface area (Å²) in [6.07, 6.45) is -0.0775. The fourth-order valence-corrected chi connectivity index (χ4v) is 4.38. The molecule has 0 unspecified atom stereocenters. The van der Waals surface area contributed by atoms with Crippen LogP contribution in [0.25, 0.3) is 0 Å². The van der Waals surface area contributed by atoms with E-state index in [1.807, 2.05) is 7.05 Å². The number of benzene rings is 2. The van der Waals surface area contributed by atoms with Crippen LogP contribution in [0.1, 0.15) is 16.8 Å². The van der Waals surface area contributed by atoms with Gasteiger partial charge in [0, 0.05) is 44.7 Å². The highest BCUT2D eigenvalue weighted by atomic mass is 32.2. The number of nitrogens with one attached hydrogen (secondary N) is 2. The first-order valence-electron chi connectivity index (χ1n) is 10.3. The fraction of sp³-hybridized carbons (Fsp3) is 0.364. The summed E-state index contributed by atoms with van der Waals surface area (Å²) in [6.45, 7) is 2.84. The normalized spacial score (nSPS) is 14.8. The molecule has 2 N–H and O–H groups in total. The van der Waals surface area contributed by atoms with E-state index in [9.17, 15) is 18.0 Å². The van der Waals surface area contributed by atoms with Crippen molar-refractivity contribution in [1.29, 1.82) is 0 Å². The van der Waals surface area contributed by atoms with Gasteiger partial charge in [0.1, 0.15) is 5.75 Å². The molecule has 1 fully saturated rings. The predicted octanol–water partition coefficient (Wildman–Crippen LogP) is 1.39. The van der Waals surface area contributed by atoms with Crippen LogP contribution < -0.4 is 14.8 Å². The lowest BCUT2D eigenvalue weighted by atomic mass is 10.1. The van der Waals surface area contributed by atoms with Crippen molar-refractivity contribution >= 4 is 27.5 Å². The lowest BCUT2D eigenvalue weighted by Crippen LogP contribution is -2.47. The smallest absolute Gasteiger partial charge is 0.254 e. The molecule has 1 aliphatic heterocycles. The average molecular weight is 461 g/mol. The van der Waals surface area contributed by atoms with Gasteiger partial charge in [-0.05, 0) is 37.4 Å². The molecule has 10 heteroatoms. The Morgan fingerprint density at radius 3 is 2.38 bits per heavy atom. The second kappa shape index (κ2) is 10.6. The van der Waals surface area contributed by atoms with Crippen molar-refractivity contribution in [2.24, 2.45) is 0 Å². The van der Waals surface area contributed by atoms with Crippen molar-refractivity contribution in [3.05, 3.63) is 54.1 Å². The van der Waals surface area contributed by atoms with E-state index in [1.165, 1.54) is 19.2 Å². The number of sulfonamides is 1. The molecule has 0 spiro atoms. The number of anilines is 1. The number of rotatable bonds is 8. The molecule has 2 aromatic carbocycles. The fourth-order valence-electron chi connectivity index (χ4n) is 3.33. The molecule has 32 heavy (non-hydrogen) atoms. The largest absolute Gasteiger partial charge is 0.495 e. The molecule has 3 rings (SSSR count). The van der Waals surface area contributed by atoms with E-state index in [-0.39, 0.29) is 23.8 Å². The van der Waals surface area contributed by atoms with E-state index in [1.54, 1.807) is 41.3 Å². The second-order valence-electron chi connectivity index (χ2n) is 7.52. The Bertz CT molecular complexity index is 1050. The topological polar surface area (TPSA) is 108 Å². The number of hydrogen-bond donors (Lipinski definition) is 2. The van der Waals surface area contributed by atoms with Crippen molar-refractivity contribution in [3.8, 4) is 5.75 Å². The van der Waals surface area contributed by atoms with E-state index in [0.29, 0.717) is 30.1 Å². The molecule has 0 atom stereocenters. The van der Waals surface area contributed by atoms with Crippen LogP contribution in [0.2, 0.25) is 0 Å². The number of amides is 2. The SMILES string of the molecule is COc1ccc(C(=O)N2CCN(C)CC2)cc1NC(=O)CCNS(=O)(=O)c1ccccc1. The second-order valence-corrected chi connectivity index (χ2v) is 9.29. The number of hydrogen-bond acceptors (Lipinski definition) is 6. The summed E-state index contributed by atoms with van der Waals surface area (Å²) in [4.78, 5) is 29.3. The molecule has 0 radical (unpaired) electrons. The zero-order valence-electron chi connectivity index (χ0n) is 18.2. The number of nitrogens with zero attached hydrogens (tertiary/aromatic N) is 2. The number of ether oxygens (including phenoxy) is 1. The molecule has 0 aromatic heterocycles. The Hall–Kier alpha value is -2.95. The monoisotopic (exact) mass is 460 g/mol. The zero-order valence-corrected chi connectivity index (χ0v) is 19.0. The summed E-state index contributed by atoms with van der Waals surface area (Å²) in [6, 6.07) is 12.8. The van der Waals surface area contributed by atoms with Crippen LogP contribution in [-0.4, -0.2) is 76.9 Å². The highest BCUT2D eigenvalue weighted by Crippen LogP contribution is 2.26. The van der Waals surface area contributed by atoms with Crippen LogP contribution in [0.4, 0.5) is 5.69 Å². The van der Waals surface area contributed by atoms with Gasteiger partial charge in [0.05, 0.1) is 17.7 Å². The Morgan fingerprint density at radius 1 is 1.03 bits per heavy atom. The highest BCUT2D eigenvalue weighted by Gasteiger charge is 2.22. The van der Waals surface area contributed by atoms with Crippen molar-refractivity contribution in [2.45, 2.75) is 11.3 Å². The van der Waals surface area contributed by atoms with Crippen LogP contribution in [0.3, 0.4) is 0 Å². The van der Waals surface area contributed by atoms with Gasteiger partial charge in [0.2, 0.25) is 15.9 Å². The molecule has 9 nitrogen and oxygen atoms in total. The first kappa shape index (κ1) is 23.7. The van der Waals surface area contributed by atoms with Crippen molar-refractivity contribution in [1.82, 2.24) is 14.5 Å². The molecule has 0 aliphatic carbocycles. The van der Waals surface area contributed by atoms with Gasteiger partial charge < -0.3 is 19.9 Å². The minimum absolute atomic E-state index is 0.0642. The molecule has 0 saturated carbocycles. The summed E-state index contributed by atoms with van der Waals surface area (Å²) in [5.41, 5.74) is 0.818. The van der Waals surface area contributed by atoms with Crippen LogP contribution >= 0.6 is 0 Å². The number of methoxy groups -OCH3 is 1. The van der Waals surface area contributed by atoms with E-state index in [4.69, 9.17) is 4.74 Å². The molecule has 0 bridgehead atoms. The minimum atomic E-state index is -3.68. The maximum atomic E-state index is 12.8. The third kappa shape index (κ3) is 6.06. The summed E-state index contributed by atoms with van der Waals surface area (Å²) < 4.78 is 32.2. The van der Waals surface area contributed by atoms with Crippen LogP contribution in [-0.2, 0) is 14.8 Å². The van der Waals surface area contributed by atoms with Crippen molar-refractivity contribution in [2.75, 3.05) is 52.2 Å². The predicted molar refractivity (Wildman–Crippen MR) is 121 cm³/mol. The van der Waals surface area contributed by atoms with Gasteiger partial charge in [0.25, 0.3) is 5.91 Å². The van der Waals surface area contributed by atoms with Crippen molar-refractivity contribution in [3.63, 3.8) is 0 Å². The van der Waals surface area contributed by atoms with E-state index in [0.717, 1.165) is 13.1 Å². The molecule has 1 aliphatic rings. The Balaban J connectivity index is 1.61. The van der Waals surface area contributed by atoms with Crippen molar-refractivity contribution < 1.29 is 22.7 Å². The van der Waals surface area contributed by atoms with Gasteiger partial charge in [-0.2, -0.15) is 0 Å². The quantitative estimate of drug-likeness (QED) is 0.616. The maximum Gasteiger partial charge on any atom is 0.254 e. The Kier molecular flexibility index (Phi) is 7.84. The number of likely N-dealkylation sites (N-methyl/N-ethyl adjacent to an activating group) is 1. The molecule has 172 valence electrons. The number of piperazine rings is 1. The molecule has 1 heterocycles. The lowest BCUT2D eigenvalue weighted by molar-refractivity contribution is -0.116. The standard InChI is InChI=1S/C22H28N4O5S/c1-25-12-14-26(15-13-25)22(28)17-8-9-20(31-2)19(16-17)24-21(27)10-11-23-32(29,30)18-6-4-3-5-7-18/h3-9,16,23H,10-15H2,1-2H3,(H,24,27). The Morgan fingerprint density at radius 2 is 1.72 bits per heavy atom.